The molecule has 0 radical (unpaired) electrons. The second-order valence-electron chi connectivity index (χ2n) is 3.86. The first-order valence-electron chi connectivity index (χ1n) is 5.13. The summed E-state index contributed by atoms with van der Waals surface area (Å²) >= 11 is 18.6. The first-order chi connectivity index (χ1) is 8.18. The molecule has 0 aliphatic heterocycles. The number of hydrogen-bond acceptors (Lipinski definition) is 0. The average molecular weight is 282 g/mol. The van der Waals surface area contributed by atoms with Crippen molar-refractivity contribution < 1.29 is 0 Å². The number of rotatable bonds is 0. The fourth-order valence-electron chi connectivity index (χ4n) is 2.08. The van der Waals surface area contributed by atoms with E-state index in [1.807, 2.05) is 42.5 Å². The molecule has 3 rings (SSSR count). The highest BCUT2D eigenvalue weighted by Crippen LogP contribution is 2.39. The second kappa shape index (κ2) is 4.06. The number of benzene rings is 3. The minimum absolute atomic E-state index is 0.558. The van der Waals surface area contributed by atoms with E-state index in [0.29, 0.717) is 15.1 Å². The third kappa shape index (κ3) is 1.68. The third-order valence-corrected chi connectivity index (χ3v) is 3.98. The molecule has 0 saturated carbocycles. The molecule has 0 nitrogen and oxygen atoms in total. The Morgan fingerprint density at radius 3 is 1.94 bits per heavy atom. The minimum atomic E-state index is 0.558. The second-order valence-corrected chi connectivity index (χ2v) is 5.06. The largest absolute Gasteiger partial charge is 0.0843 e. The summed E-state index contributed by atoms with van der Waals surface area (Å²) in [6, 6.07) is 13.6. The van der Waals surface area contributed by atoms with Crippen LogP contribution in [0.25, 0.3) is 21.5 Å². The van der Waals surface area contributed by atoms with Gasteiger partial charge in [0.25, 0.3) is 0 Å². The molecule has 0 atom stereocenters. The van der Waals surface area contributed by atoms with Gasteiger partial charge < -0.3 is 0 Å². The van der Waals surface area contributed by atoms with Gasteiger partial charge in [0.15, 0.2) is 0 Å². The lowest BCUT2D eigenvalue weighted by atomic mass is 10.0. The molecule has 0 aliphatic carbocycles. The molecule has 0 unspecified atom stereocenters. The predicted octanol–water partition coefficient (Wildman–Crippen LogP) is 5.95. The van der Waals surface area contributed by atoms with E-state index in [0.717, 1.165) is 21.5 Å². The van der Waals surface area contributed by atoms with Gasteiger partial charge in [-0.2, -0.15) is 0 Å². The Hall–Kier alpha value is -0.950. The molecule has 0 heterocycles. The van der Waals surface area contributed by atoms with Crippen LogP contribution in [0.15, 0.2) is 42.5 Å². The van der Waals surface area contributed by atoms with Gasteiger partial charge in [0.2, 0.25) is 0 Å². The number of halogens is 3. The van der Waals surface area contributed by atoms with Crippen LogP contribution in [0.2, 0.25) is 15.1 Å². The molecule has 0 fully saturated rings. The molecular formula is C14H7Cl3. The Labute approximate surface area is 114 Å². The van der Waals surface area contributed by atoms with Gasteiger partial charge in [-0.25, -0.2) is 0 Å². The zero-order chi connectivity index (χ0) is 12.0. The van der Waals surface area contributed by atoms with Crippen molar-refractivity contribution in [1.29, 1.82) is 0 Å². The molecule has 0 spiro atoms. The maximum Gasteiger partial charge on any atom is 0.0677 e. The summed E-state index contributed by atoms with van der Waals surface area (Å²) in [4.78, 5) is 0. The van der Waals surface area contributed by atoms with Gasteiger partial charge in [-0.15, -0.1) is 0 Å². The maximum absolute atomic E-state index is 6.29. The zero-order valence-corrected chi connectivity index (χ0v) is 10.9. The topological polar surface area (TPSA) is 0 Å². The van der Waals surface area contributed by atoms with Crippen molar-refractivity contribution in [1.82, 2.24) is 0 Å². The minimum Gasteiger partial charge on any atom is -0.0843 e. The van der Waals surface area contributed by atoms with E-state index in [4.69, 9.17) is 34.8 Å². The van der Waals surface area contributed by atoms with Crippen LogP contribution in [0, 0.1) is 0 Å². The smallest absolute Gasteiger partial charge is 0.0677 e. The molecule has 3 aromatic rings. The van der Waals surface area contributed by atoms with Crippen molar-refractivity contribution in [2.75, 3.05) is 0 Å². The highest BCUT2D eigenvalue weighted by molar-refractivity contribution is 6.49. The molecule has 0 bridgehead atoms. The van der Waals surface area contributed by atoms with Gasteiger partial charge in [-0.1, -0.05) is 65.1 Å². The lowest BCUT2D eigenvalue weighted by Crippen LogP contribution is -1.82. The molecule has 3 aromatic carbocycles. The fourth-order valence-corrected chi connectivity index (χ4v) is 2.78. The molecule has 0 amide bonds. The Morgan fingerprint density at radius 1 is 0.588 bits per heavy atom. The summed E-state index contributed by atoms with van der Waals surface area (Å²) in [5, 5.41) is 5.82. The lowest BCUT2D eigenvalue weighted by Gasteiger charge is -2.09. The average Bonchev–Trinajstić information content (AvgIpc) is 2.36. The van der Waals surface area contributed by atoms with E-state index in [-0.39, 0.29) is 0 Å². The summed E-state index contributed by atoms with van der Waals surface area (Å²) < 4.78 is 0. The van der Waals surface area contributed by atoms with Crippen molar-refractivity contribution in [3.05, 3.63) is 57.5 Å². The quantitative estimate of drug-likeness (QED) is 0.446. The Morgan fingerprint density at radius 2 is 1.18 bits per heavy atom. The first kappa shape index (κ1) is 11.2. The van der Waals surface area contributed by atoms with E-state index < -0.39 is 0 Å². The van der Waals surface area contributed by atoms with Gasteiger partial charge in [-0.05, 0) is 22.9 Å². The summed E-state index contributed by atoms with van der Waals surface area (Å²) in [5.74, 6) is 0. The Balaban J connectivity index is 2.65. The van der Waals surface area contributed by atoms with Crippen LogP contribution in [0.1, 0.15) is 0 Å². The van der Waals surface area contributed by atoms with E-state index >= 15 is 0 Å². The molecule has 17 heavy (non-hydrogen) atoms. The molecular weight excluding hydrogens is 275 g/mol. The van der Waals surface area contributed by atoms with Crippen LogP contribution in [-0.2, 0) is 0 Å². The molecule has 0 saturated heterocycles. The van der Waals surface area contributed by atoms with Gasteiger partial charge in [0.1, 0.15) is 0 Å². The number of hydrogen-bond donors (Lipinski definition) is 0. The van der Waals surface area contributed by atoms with Crippen molar-refractivity contribution in [3.8, 4) is 0 Å². The highest BCUT2D eigenvalue weighted by Gasteiger charge is 2.11. The lowest BCUT2D eigenvalue weighted by molar-refractivity contribution is 1.76. The highest BCUT2D eigenvalue weighted by atomic mass is 35.5. The maximum atomic E-state index is 6.29. The van der Waals surface area contributed by atoms with Gasteiger partial charge >= 0.3 is 0 Å². The van der Waals surface area contributed by atoms with Crippen LogP contribution >= 0.6 is 34.8 Å². The third-order valence-electron chi connectivity index (χ3n) is 2.86. The van der Waals surface area contributed by atoms with E-state index in [1.54, 1.807) is 0 Å². The van der Waals surface area contributed by atoms with Crippen LogP contribution in [-0.4, -0.2) is 0 Å². The molecule has 0 N–H and O–H groups in total. The summed E-state index contributed by atoms with van der Waals surface area (Å²) in [6.07, 6.45) is 0. The summed E-state index contributed by atoms with van der Waals surface area (Å²) in [6.45, 7) is 0. The van der Waals surface area contributed by atoms with Crippen molar-refractivity contribution in [2.24, 2.45) is 0 Å². The zero-order valence-electron chi connectivity index (χ0n) is 8.68. The van der Waals surface area contributed by atoms with Gasteiger partial charge in [-0.3, -0.25) is 0 Å². The van der Waals surface area contributed by atoms with Gasteiger partial charge in [0.05, 0.1) is 10.0 Å². The van der Waals surface area contributed by atoms with Crippen LogP contribution < -0.4 is 0 Å². The van der Waals surface area contributed by atoms with Crippen LogP contribution in [0.3, 0.4) is 0 Å². The van der Waals surface area contributed by atoms with Crippen LogP contribution in [0.4, 0.5) is 0 Å². The monoisotopic (exact) mass is 280 g/mol. The SMILES string of the molecule is Clc1ccc2c(c1)c(Cl)c(Cl)c1ccccc12. The summed E-state index contributed by atoms with van der Waals surface area (Å²) in [7, 11) is 0. The molecule has 3 heteroatoms. The van der Waals surface area contributed by atoms with E-state index in [9.17, 15) is 0 Å². The Bertz CT molecular complexity index is 732. The van der Waals surface area contributed by atoms with Crippen molar-refractivity contribution in [2.45, 2.75) is 0 Å². The van der Waals surface area contributed by atoms with Gasteiger partial charge in [0, 0.05) is 15.8 Å². The first-order valence-corrected chi connectivity index (χ1v) is 6.27. The van der Waals surface area contributed by atoms with Crippen LogP contribution in [0.5, 0.6) is 0 Å². The fraction of sp³-hybridized carbons (Fsp3) is 0. The molecule has 84 valence electrons. The van der Waals surface area contributed by atoms with E-state index in [2.05, 4.69) is 0 Å². The predicted molar refractivity (Wildman–Crippen MR) is 76.5 cm³/mol. The number of fused-ring (bicyclic) bond motifs is 3. The van der Waals surface area contributed by atoms with Crippen molar-refractivity contribution >= 4 is 56.3 Å². The Kier molecular flexibility index (Phi) is 2.67. The van der Waals surface area contributed by atoms with Crippen molar-refractivity contribution in [3.63, 3.8) is 0 Å². The van der Waals surface area contributed by atoms with E-state index in [1.165, 1.54) is 0 Å². The molecule has 0 aromatic heterocycles. The normalized spacial score (nSPS) is 11.2. The standard InChI is InChI=1S/C14H7Cl3/c15-8-5-6-10-9-3-1-2-4-11(9)13(16)14(17)12(10)7-8/h1-7H. The summed E-state index contributed by atoms with van der Waals surface area (Å²) in [5.41, 5.74) is 0. The molecule has 0 aliphatic rings.